The number of carbonyl (C=O) groups excluding carboxylic acids is 2. The molecular formula is C28H30N2O5. The summed E-state index contributed by atoms with van der Waals surface area (Å²) < 4.78 is 11.2. The van der Waals surface area contributed by atoms with E-state index in [1.54, 1.807) is 36.4 Å². The lowest BCUT2D eigenvalue weighted by molar-refractivity contribution is -0.140. The predicted octanol–water partition coefficient (Wildman–Crippen LogP) is 5.15. The van der Waals surface area contributed by atoms with E-state index in [0.717, 1.165) is 24.1 Å². The van der Waals surface area contributed by atoms with Crippen molar-refractivity contribution >= 4 is 23.1 Å². The zero-order valence-electron chi connectivity index (χ0n) is 20.2. The number of rotatable bonds is 9. The number of ketones is 1. The summed E-state index contributed by atoms with van der Waals surface area (Å²) in [4.78, 5) is 29.8. The molecule has 2 aromatic carbocycles. The molecule has 1 atom stereocenters. The number of ether oxygens (including phenoxy) is 1. The number of aliphatic hydroxyl groups excluding tert-OH is 1. The van der Waals surface area contributed by atoms with E-state index in [9.17, 15) is 14.7 Å². The van der Waals surface area contributed by atoms with Gasteiger partial charge in [-0.25, -0.2) is 0 Å². The van der Waals surface area contributed by atoms with E-state index in [1.165, 1.54) is 11.2 Å². The van der Waals surface area contributed by atoms with Gasteiger partial charge < -0.3 is 24.1 Å². The Labute approximate surface area is 205 Å². The van der Waals surface area contributed by atoms with Crippen LogP contribution in [-0.4, -0.2) is 42.4 Å². The Kier molecular flexibility index (Phi) is 7.25. The fourth-order valence-electron chi connectivity index (χ4n) is 4.14. The third-order valence-electron chi connectivity index (χ3n) is 6.05. The number of carbonyl (C=O) groups is 2. The predicted molar refractivity (Wildman–Crippen MR) is 134 cm³/mol. The van der Waals surface area contributed by atoms with Crippen molar-refractivity contribution in [3.05, 3.63) is 89.4 Å². The number of likely N-dealkylation sites (tertiary alicyclic amines) is 1. The maximum atomic E-state index is 13.2. The van der Waals surface area contributed by atoms with Gasteiger partial charge in [0, 0.05) is 25.3 Å². The first-order valence-electron chi connectivity index (χ1n) is 11.7. The van der Waals surface area contributed by atoms with Gasteiger partial charge in [-0.15, -0.1) is 0 Å². The van der Waals surface area contributed by atoms with Crippen LogP contribution in [0.3, 0.4) is 0 Å². The highest BCUT2D eigenvalue weighted by Crippen LogP contribution is 2.41. The molecule has 1 N–H and O–H groups in total. The van der Waals surface area contributed by atoms with Crippen molar-refractivity contribution in [2.75, 3.05) is 25.6 Å². The van der Waals surface area contributed by atoms with Crippen LogP contribution in [0.1, 0.15) is 42.7 Å². The second kappa shape index (κ2) is 10.5. The van der Waals surface area contributed by atoms with Crippen LogP contribution in [0.2, 0.25) is 0 Å². The second-order valence-corrected chi connectivity index (χ2v) is 8.72. The SMILES string of the molecule is CCCCOc1cccc(/C(O)=C2\C(=O)C(=O)N(Cc3ccco3)C2c2ccc(N(C)C)cc2)c1. The van der Waals surface area contributed by atoms with Gasteiger partial charge >= 0.3 is 0 Å². The number of unbranched alkanes of at least 4 members (excludes halogenated alkanes) is 1. The molecule has 1 aromatic heterocycles. The number of nitrogens with zero attached hydrogens (tertiary/aromatic N) is 2. The highest BCUT2D eigenvalue weighted by molar-refractivity contribution is 6.46. The van der Waals surface area contributed by atoms with Gasteiger partial charge in [-0.05, 0) is 48.4 Å². The standard InChI is InChI=1S/C28H30N2O5/c1-4-5-15-34-22-9-6-8-20(17-22)26(31)24-25(19-11-13-21(14-12-19)29(2)3)30(28(33)27(24)32)18-23-10-7-16-35-23/h6-14,16-17,25,31H,4-5,15,18H2,1-3H3/b26-24+. The van der Waals surface area contributed by atoms with Crippen molar-refractivity contribution in [1.82, 2.24) is 4.90 Å². The normalized spacial score (nSPS) is 17.1. The minimum Gasteiger partial charge on any atom is -0.507 e. The number of aliphatic hydroxyl groups is 1. The van der Waals surface area contributed by atoms with Crippen LogP contribution in [-0.2, 0) is 16.1 Å². The van der Waals surface area contributed by atoms with Gasteiger partial charge in [0.15, 0.2) is 0 Å². The van der Waals surface area contributed by atoms with Crippen molar-refractivity contribution in [2.45, 2.75) is 32.4 Å². The molecule has 182 valence electrons. The molecule has 7 nitrogen and oxygen atoms in total. The van der Waals surface area contributed by atoms with Crippen molar-refractivity contribution in [2.24, 2.45) is 0 Å². The number of benzene rings is 2. The zero-order chi connectivity index (χ0) is 24.9. The summed E-state index contributed by atoms with van der Waals surface area (Å²) in [5, 5.41) is 11.3. The number of hydrogen-bond acceptors (Lipinski definition) is 6. The number of hydrogen-bond donors (Lipinski definition) is 1. The number of Topliss-reactive ketones (excluding diaryl/α,β-unsaturated/α-hetero) is 1. The molecule has 3 aromatic rings. The van der Waals surface area contributed by atoms with Gasteiger partial charge in [0.2, 0.25) is 0 Å². The van der Waals surface area contributed by atoms with Gasteiger partial charge in [-0.3, -0.25) is 9.59 Å². The van der Waals surface area contributed by atoms with Gasteiger partial charge in [-0.2, -0.15) is 0 Å². The summed E-state index contributed by atoms with van der Waals surface area (Å²) in [6.45, 7) is 2.75. The average Bonchev–Trinajstić information content (AvgIpc) is 3.46. The highest BCUT2D eigenvalue weighted by Gasteiger charge is 2.46. The molecule has 1 amide bonds. The smallest absolute Gasteiger partial charge is 0.296 e. The lowest BCUT2D eigenvalue weighted by Crippen LogP contribution is -2.29. The topological polar surface area (TPSA) is 83.2 Å². The highest BCUT2D eigenvalue weighted by atomic mass is 16.5. The summed E-state index contributed by atoms with van der Waals surface area (Å²) in [6, 6.07) is 17.3. The summed E-state index contributed by atoms with van der Waals surface area (Å²) >= 11 is 0. The third kappa shape index (κ3) is 5.09. The lowest BCUT2D eigenvalue weighted by Gasteiger charge is -2.25. The van der Waals surface area contributed by atoms with Crippen molar-refractivity contribution in [3.8, 4) is 5.75 Å². The average molecular weight is 475 g/mol. The van der Waals surface area contributed by atoms with Gasteiger partial charge in [-0.1, -0.05) is 37.6 Å². The maximum absolute atomic E-state index is 13.2. The molecule has 0 spiro atoms. The first-order chi connectivity index (χ1) is 16.9. The van der Waals surface area contributed by atoms with Crippen LogP contribution in [0, 0.1) is 0 Å². The number of furan rings is 1. The van der Waals surface area contributed by atoms with Crippen LogP contribution in [0.4, 0.5) is 5.69 Å². The van der Waals surface area contributed by atoms with Gasteiger partial charge in [0.05, 0.1) is 31.0 Å². The second-order valence-electron chi connectivity index (χ2n) is 8.72. The summed E-state index contributed by atoms with van der Waals surface area (Å²) in [5.74, 6) is -0.492. The van der Waals surface area contributed by atoms with Gasteiger partial charge in [0.25, 0.3) is 11.7 Å². The summed E-state index contributed by atoms with van der Waals surface area (Å²) in [7, 11) is 3.88. The number of anilines is 1. The molecule has 0 saturated carbocycles. The number of amides is 1. The van der Waals surface area contributed by atoms with Crippen molar-refractivity contribution in [3.63, 3.8) is 0 Å². The van der Waals surface area contributed by atoms with Crippen LogP contribution in [0.5, 0.6) is 5.75 Å². The molecule has 0 aliphatic carbocycles. The minimum absolute atomic E-state index is 0.0462. The van der Waals surface area contributed by atoms with E-state index in [1.807, 2.05) is 43.3 Å². The summed E-state index contributed by atoms with van der Waals surface area (Å²) in [5.41, 5.74) is 2.17. The molecule has 0 radical (unpaired) electrons. The van der Waals surface area contributed by atoms with E-state index in [4.69, 9.17) is 9.15 Å². The van der Waals surface area contributed by atoms with Crippen molar-refractivity contribution < 1.29 is 23.8 Å². The van der Waals surface area contributed by atoms with Crippen LogP contribution in [0.25, 0.3) is 5.76 Å². The van der Waals surface area contributed by atoms with E-state index in [2.05, 4.69) is 6.92 Å². The fraction of sp³-hybridized carbons (Fsp3) is 0.286. The molecule has 7 heteroatoms. The first-order valence-corrected chi connectivity index (χ1v) is 11.7. The van der Waals surface area contributed by atoms with Gasteiger partial charge in [0.1, 0.15) is 17.3 Å². The quantitative estimate of drug-likeness (QED) is 0.200. The van der Waals surface area contributed by atoms with E-state index >= 15 is 0 Å². The molecule has 4 rings (SSSR count). The van der Waals surface area contributed by atoms with Crippen LogP contribution >= 0.6 is 0 Å². The Balaban J connectivity index is 1.78. The molecule has 2 heterocycles. The third-order valence-corrected chi connectivity index (χ3v) is 6.05. The Hall–Kier alpha value is -4.00. The van der Waals surface area contributed by atoms with Crippen molar-refractivity contribution in [1.29, 1.82) is 0 Å². The van der Waals surface area contributed by atoms with E-state index < -0.39 is 17.7 Å². The molecular weight excluding hydrogens is 444 g/mol. The summed E-state index contributed by atoms with van der Waals surface area (Å²) in [6.07, 6.45) is 3.44. The molecule has 1 saturated heterocycles. The largest absolute Gasteiger partial charge is 0.507 e. The monoisotopic (exact) mass is 474 g/mol. The maximum Gasteiger partial charge on any atom is 0.296 e. The Morgan fingerprint density at radius 2 is 1.86 bits per heavy atom. The molecule has 35 heavy (non-hydrogen) atoms. The molecule has 1 aliphatic rings. The molecule has 0 bridgehead atoms. The lowest BCUT2D eigenvalue weighted by atomic mass is 9.95. The first kappa shape index (κ1) is 24.1. The Bertz CT molecular complexity index is 1210. The Morgan fingerprint density at radius 3 is 2.51 bits per heavy atom. The molecule has 1 unspecified atom stereocenters. The minimum atomic E-state index is -0.763. The Morgan fingerprint density at radius 1 is 1.09 bits per heavy atom. The zero-order valence-corrected chi connectivity index (χ0v) is 20.2. The molecule has 1 aliphatic heterocycles. The van der Waals surface area contributed by atoms with E-state index in [0.29, 0.717) is 23.7 Å². The van der Waals surface area contributed by atoms with Crippen LogP contribution < -0.4 is 9.64 Å². The van der Waals surface area contributed by atoms with E-state index in [-0.39, 0.29) is 17.9 Å². The van der Waals surface area contributed by atoms with Crippen LogP contribution in [0.15, 0.2) is 76.9 Å². The fourth-order valence-corrected chi connectivity index (χ4v) is 4.14. The molecule has 1 fully saturated rings.